The van der Waals surface area contributed by atoms with E-state index in [1.54, 1.807) is 4.57 Å². The number of hydrogen-bond donors (Lipinski definition) is 1. The number of hydrogen-bond acceptors (Lipinski definition) is 2. The molecule has 1 aromatic carbocycles. The standard InChI is InChI=1S/C13H10FNO3/c14-7-1-4-10-9(5-7)12(16)6-11(13(17)18)15(10)8-2-3-8/h1,4-6,8H,2-3H2,(H,17,18). The Morgan fingerprint density at radius 2 is 2.06 bits per heavy atom. The fraction of sp³-hybridized carbons (Fsp3) is 0.231. The van der Waals surface area contributed by atoms with Crippen molar-refractivity contribution in [1.82, 2.24) is 4.57 Å². The maximum Gasteiger partial charge on any atom is 0.352 e. The van der Waals surface area contributed by atoms with Gasteiger partial charge in [0, 0.05) is 17.5 Å². The molecule has 3 rings (SSSR count). The summed E-state index contributed by atoms with van der Waals surface area (Å²) in [6, 6.07) is 5.04. The summed E-state index contributed by atoms with van der Waals surface area (Å²) in [6.45, 7) is 0. The molecule has 5 heteroatoms. The lowest BCUT2D eigenvalue weighted by molar-refractivity contribution is 0.0684. The zero-order valence-corrected chi connectivity index (χ0v) is 9.39. The zero-order valence-electron chi connectivity index (χ0n) is 9.39. The van der Waals surface area contributed by atoms with E-state index in [1.165, 1.54) is 12.1 Å². The highest BCUT2D eigenvalue weighted by Gasteiger charge is 2.29. The Morgan fingerprint density at radius 1 is 1.33 bits per heavy atom. The Bertz CT molecular complexity index is 716. The number of aromatic nitrogens is 1. The number of fused-ring (bicyclic) bond motifs is 1. The predicted molar refractivity (Wildman–Crippen MR) is 63.4 cm³/mol. The van der Waals surface area contributed by atoms with E-state index in [0.29, 0.717) is 5.52 Å². The van der Waals surface area contributed by atoms with Crippen LogP contribution in [0.3, 0.4) is 0 Å². The van der Waals surface area contributed by atoms with Crippen LogP contribution in [0.2, 0.25) is 0 Å². The Morgan fingerprint density at radius 3 is 2.67 bits per heavy atom. The molecule has 0 radical (unpaired) electrons. The van der Waals surface area contributed by atoms with Crippen molar-refractivity contribution in [3.63, 3.8) is 0 Å². The number of carboxylic acids is 1. The van der Waals surface area contributed by atoms with Gasteiger partial charge in [-0.3, -0.25) is 4.79 Å². The molecular weight excluding hydrogens is 237 g/mol. The van der Waals surface area contributed by atoms with E-state index in [0.717, 1.165) is 25.0 Å². The molecule has 1 aliphatic carbocycles. The van der Waals surface area contributed by atoms with Crippen molar-refractivity contribution in [1.29, 1.82) is 0 Å². The summed E-state index contributed by atoms with van der Waals surface area (Å²) in [6.07, 6.45) is 1.77. The molecule has 0 bridgehead atoms. The van der Waals surface area contributed by atoms with Crippen LogP contribution in [0.5, 0.6) is 0 Å². The molecule has 1 fully saturated rings. The smallest absolute Gasteiger partial charge is 0.352 e. The van der Waals surface area contributed by atoms with Crippen molar-refractivity contribution in [2.24, 2.45) is 0 Å². The monoisotopic (exact) mass is 247 g/mol. The van der Waals surface area contributed by atoms with Crippen molar-refractivity contribution in [3.8, 4) is 0 Å². The van der Waals surface area contributed by atoms with Gasteiger partial charge < -0.3 is 9.67 Å². The number of pyridine rings is 1. The Labute approximate surface area is 101 Å². The fourth-order valence-electron chi connectivity index (χ4n) is 2.21. The molecule has 1 N–H and O–H groups in total. The molecule has 2 aromatic rings. The minimum atomic E-state index is -1.13. The normalized spacial score (nSPS) is 14.9. The summed E-state index contributed by atoms with van der Waals surface area (Å²) in [7, 11) is 0. The van der Waals surface area contributed by atoms with Gasteiger partial charge in [-0.25, -0.2) is 9.18 Å². The summed E-state index contributed by atoms with van der Waals surface area (Å²) in [5, 5.41) is 9.38. The SMILES string of the molecule is O=C(O)c1cc(=O)c2cc(F)ccc2n1C1CC1. The maximum atomic E-state index is 13.2. The van der Waals surface area contributed by atoms with Gasteiger partial charge in [0.2, 0.25) is 0 Å². The maximum absolute atomic E-state index is 13.2. The Hall–Kier alpha value is -2.17. The minimum Gasteiger partial charge on any atom is -0.477 e. The molecule has 1 saturated carbocycles. The number of rotatable bonds is 2. The quantitative estimate of drug-likeness (QED) is 0.884. The second-order valence-electron chi connectivity index (χ2n) is 4.46. The first kappa shape index (κ1) is 11.0. The van der Waals surface area contributed by atoms with E-state index in [4.69, 9.17) is 5.11 Å². The van der Waals surface area contributed by atoms with E-state index in [1.807, 2.05) is 0 Å². The lowest BCUT2D eigenvalue weighted by Crippen LogP contribution is -2.17. The highest BCUT2D eigenvalue weighted by molar-refractivity contribution is 5.90. The largest absolute Gasteiger partial charge is 0.477 e. The van der Waals surface area contributed by atoms with Crippen LogP contribution in [0.4, 0.5) is 4.39 Å². The summed E-state index contributed by atoms with van der Waals surface area (Å²) in [4.78, 5) is 23.0. The Balaban J connectivity index is 2.44. The van der Waals surface area contributed by atoms with Crippen molar-refractivity contribution in [2.75, 3.05) is 0 Å². The molecule has 92 valence electrons. The van der Waals surface area contributed by atoms with E-state index in [2.05, 4.69) is 0 Å². The molecule has 1 aliphatic rings. The topological polar surface area (TPSA) is 59.3 Å². The first-order valence-corrected chi connectivity index (χ1v) is 5.66. The average molecular weight is 247 g/mol. The number of nitrogens with zero attached hydrogens (tertiary/aromatic N) is 1. The van der Waals surface area contributed by atoms with Crippen LogP contribution >= 0.6 is 0 Å². The lowest BCUT2D eigenvalue weighted by Gasteiger charge is -2.13. The van der Waals surface area contributed by atoms with Crippen LogP contribution in [-0.2, 0) is 0 Å². The molecule has 4 nitrogen and oxygen atoms in total. The lowest BCUT2D eigenvalue weighted by atomic mass is 10.1. The van der Waals surface area contributed by atoms with Gasteiger partial charge in [0.15, 0.2) is 5.43 Å². The number of aromatic carboxylic acids is 1. The first-order chi connectivity index (χ1) is 8.58. The molecule has 0 unspecified atom stereocenters. The fourth-order valence-corrected chi connectivity index (χ4v) is 2.21. The van der Waals surface area contributed by atoms with E-state index in [-0.39, 0.29) is 17.1 Å². The van der Waals surface area contributed by atoms with Gasteiger partial charge in [-0.1, -0.05) is 0 Å². The van der Waals surface area contributed by atoms with Crippen LogP contribution in [-0.4, -0.2) is 15.6 Å². The molecule has 0 spiro atoms. The second-order valence-corrected chi connectivity index (χ2v) is 4.46. The minimum absolute atomic E-state index is 0.0263. The number of benzene rings is 1. The Kier molecular flexibility index (Phi) is 2.23. The molecule has 18 heavy (non-hydrogen) atoms. The van der Waals surface area contributed by atoms with Gasteiger partial charge in [-0.05, 0) is 31.0 Å². The molecular formula is C13H10FNO3. The van der Waals surface area contributed by atoms with Crippen LogP contribution in [0, 0.1) is 5.82 Å². The first-order valence-electron chi connectivity index (χ1n) is 5.66. The zero-order chi connectivity index (χ0) is 12.9. The summed E-state index contributed by atoms with van der Waals surface area (Å²) < 4.78 is 14.8. The third-order valence-electron chi connectivity index (χ3n) is 3.14. The van der Waals surface area contributed by atoms with Crippen LogP contribution in [0.15, 0.2) is 29.1 Å². The molecule has 1 aromatic heterocycles. The van der Waals surface area contributed by atoms with Gasteiger partial charge in [0.05, 0.1) is 5.52 Å². The van der Waals surface area contributed by atoms with E-state index < -0.39 is 17.2 Å². The number of halogens is 1. The van der Waals surface area contributed by atoms with E-state index >= 15 is 0 Å². The molecule has 0 amide bonds. The van der Waals surface area contributed by atoms with Gasteiger partial charge in [0.1, 0.15) is 11.5 Å². The highest BCUT2D eigenvalue weighted by atomic mass is 19.1. The second kappa shape index (κ2) is 3.66. The van der Waals surface area contributed by atoms with E-state index in [9.17, 15) is 14.0 Å². The summed E-state index contributed by atoms with van der Waals surface area (Å²) in [5.74, 6) is -1.63. The molecule has 0 atom stereocenters. The van der Waals surface area contributed by atoms with Gasteiger partial charge in [-0.15, -0.1) is 0 Å². The van der Waals surface area contributed by atoms with Gasteiger partial charge in [-0.2, -0.15) is 0 Å². The molecule has 0 saturated heterocycles. The number of carboxylic acid groups (broad SMARTS) is 1. The average Bonchev–Trinajstić information content (AvgIpc) is 3.13. The van der Waals surface area contributed by atoms with Crippen LogP contribution < -0.4 is 5.43 Å². The summed E-state index contributed by atoms with van der Waals surface area (Å²) >= 11 is 0. The molecule has 0 aliphatic heterocycles. The van der Waals surface area contributed by atoms with Crippen LogP contribution in [0.25, 0.3) is 10.9 Å². The van der Waals surface area contributed by atoms with Crippen molar-refractivity contribution in [3.05, 3.63) is 46.0 Å². The highest BCUT2D eigenvalue weighted by Crippen LogP contribution is 2.38. The van der Waals surface area contributed by atoms with Crippen molar-refractivity contribution in [2.45, 2.75) is 18.9 Å². The predicted octanol–water partition coefficient (Wildman–Crippen LogP) is 2.17. The van der Waals surface area contributed by atoms with Crippen molar-refractivity contribution < 1.29 is 14.3 Å². The third-order valence-corrected chi connectivity index (χ3v) is 3.14. The molecule has 1 heterocycles. The number of carbonyl (C=O) groups is 1. The van der Waals surface area contributed by atoms with Crippen LogP contribution in [0.1, 0.15) is 29.4 Å². The van der Waals surface area contributed by atoms with Gasteiger partial charge >= 0.3 is 5.97 Å². The van der Waals surface area contributed by atoms with Gasteiger partial charge in [0.25, 0.3) is 0 Å². The summed E-state index contributed by atoms with van der Waals surface area (Å²) in [5.41, 5.74) is 0.00390. The third kappa shape index (κ3) is 1.59. The van der Waals surface area contributed by atoms with Crippen molar-refractivity contribution >= 4 is 16.9 Å².